The van der Waals surface area contributed by atoms with Gasteiger partial charge in [0.15, 0.2) is 0 Å². The Bertz CT molecular complexity index is 1220. The molecule has 33 heavy (non-hydrogen) atoms. The molecule has 1 fully saturated rings. The van der Waals surface area contributed by atoms with Gasteiger partial charge < -0.3 is 9.64 Å². The van der Waals surface area contributed by atoms with Crippen molar-refractivity contribution in [3.05, 3.63) is 96.1 Å². The molecule has 3 aromatic carbocycles. The van der Waals surface area contributed by atoms with E-state index in [9.17, 15) is 13.2 Å². The lowest BCUT2D eigenvalue weighted by Crippen LogP contribution is -2.28. The molecule has 1 aliphatic heterocycles. The first-order chi connectivity index (χ1) is 16.0. The summed E-state index contributed by atoms with van der Waals surface area (Å²) in [6, 6.07) is 24.4. The van der Waals surface area contributed by atoms with Crippen LogP contribution in [0.1, 0.15) is 17.5 Å². The number of methoxy groups -OCH3 is 1. The van der Waals surface area contributed by atoms with Gasteiger partial charge in [-0.05, 0) is 60.0 Å². The van der Waals surface area contributed by atoms with Crippen LogP contribution in [0.25, 0.3) is 6.08 Å². The van der Waals surface area contributed by atoms with Crippen LogP contribution < -0.4 is 13.9 Å². The molecular weight excluding hydrogens is 436 g/mol. The summed E-state index contributed by atoms with van der Waals surface area (Å²) in [6.45, 7) is 0.939. The monoisotopic (exact) mass is 462 g/mol. The fourth-order valence-electron chi connectivity index (χ4n) is 3.76. The van der Waals surface area contributed by atoms with E-state index >= 15 is 0 Å². The van der Waals surface area contributed by atoms with Gasteiger partial charge in [-0.2, -0.15) is 0 Å². The van der Waals surface area contributed by atoms with E-state index in [1.807, 2.05) is 66.7 Å². The van der Waals surface area contributed by atoms with Gasteiger partial charge >= 0.3 is 0 Å². The summed E-state index contributed by atoms with van der Waals surface area (Å²) in [5, 5.41) is 0. The Morgan fingerprint density at radius 3 is 2.30 bits per heavy atom. The first kappa shape index (κ1) is 22.6. The Balaban J connectivity index is 1.53. The molecule has 0 atom stereocenters. The number of nitrogens with zero attached hydrogens (tertiary/aromatic N) is 2. The predicted molar refractivity (Wildman–Crippen MR) is 132 cm³/mol. The third kappa shape index (κ3) is 5.43. The van der Waals surface area contributed by atoms with E-state index in [4.69, 9.17) is 4.74 Å². The Morgan fingerprint density at radius 2 is 1.70 bits per heavy atom. The highest BCUT2D eigenvalue weighted by molar-refractivity contribution is 7.93. The van der Waals surface area contributed by atoms with Crippen molar-refractivity contribution in [3.63, 3.8) is 0 Å². The number of anilines is 2. The van der Waals surface area contributed by atoms with E-state index < -0.39 is 10.0 Å². The Morgan fingerprint density at radius 1 is 1.00 bits per heavy atom. The third-order valence-corrected chi connectivity index (χ3v) is 7.40. The number of ether oxygens (including phenoxy) is 1. The standard InChI is InChI=1S/C26H26N2O4S/c1-32-25-15-13-23(14-16-25)27(20-22-6-3-2-4-7-22)26(29)17-10-21-8-11-24(12-9-21)28-18-5-19-33(28,30)31/h2-4,6-17H,5,18-20H2,1H3/b17-10+. The van der Waals surface area contributed by atoms with Gasteiger partial charge in [0.05, 0.1) is 25.1 Å². The summed E-state index contributed by atoms with van der Waals surface area (Å²) in [7, 11) is -1.60. The molecule has 170 valence electrons. The fraction of sp³-hybridized carbons (Fsp3) is 0.192. The van der Waals surface area contributed by atoms with E-state index in [0.29, 0.717) is 25.2 Å². The van der Waals surface area contributed by atoms with Crippen LogP contribution in [0, 0.1) is 0 Å². The third-order valence-electron chi connectivity index (χ3n) is 5.53. The molecule has 0 spiro atoms. The Kier molecular flexibility index (Phi) is 6.79. The molecule has 1 amide bonds. The van der Waals surface area contributed by atoms with Crippen molar-refractivity contribution in [1.29, 1.82) is 0 Å². The summed E-state index contributed by atoms with van der Waals surface area (Å²) in [4.78, 5) is 14.9. The number of sulfonamides is 1. The van der Waals surface area contributed by atoms with Crippen LogP contribution in [0.5, 0.6) is 5.75 Å². The summed E-state index contributed by atoms with van der Waals surface area (Å²) in [6.07, 6.45) is 3.92. The van der Waals surface area contributed by atoms with Gasteiger partial charge in [0.25, 0.3) is 5.91 Å². The van der Waals surface area contributed by atoms with E-state index in [1.54, 1.807) is 30.2 Å². The molecule has 6 nitrogen and oxygen atoms in total. The van der Waals surface area contributed by atoms with Crippen molar-refractivity contribution in [2.45, 2.75) is 13.0 Å². The van der Waals surface area contributed by atoms with Gasteiger partial charge in [0.2, 0.25) is 10.0 Å². The summed E-state index contributed by atoms with van der Waals surface area (Å²) < 4.78 is 30.9. The van der Waals surface area contributed by atoms with Crippen LogP contribution >= 0.6 is 0 Å². The molecule has 1 aliphatic rings. The van der Waals surface area contributed by atoms with E-state index in [1.165, 1.54) is 10.4 Å². The molecule has 4 rings (SSSR count). The minimum absolute atomic E-state index is 0.157. The molecule has 0 aliphatic carbocycles. The van der Waals surface area contributed by atoms with Crippen LogP contribution in [0.4, 0.5) is 11.4 Å². The maximum Gasteiger partial charge on any atom is 0.251 e. The molecule has 3 aromatic rings. The van der Waals surface area contributed by atoms with E-state index in [2.05, 4.69) is 0 Å². The van der Waals surface area contributed by atoms with Crippen LogP contribution in [0.2, 0.25) is 0 Å². The molecular formula is C26H26N2O4S. The first-order valence-corrected chi connectivity index (χ1v) is 12.4. The van der Waals surface area contributed by atoms with Crippen molar-refractivity contribution < 1.29 is 17.9 Å². The highest BCUT2D eigenvalue weighted by Gasteiger charge is 2.28. The summed E-state index contributed by atoms with van der Waals surface area (Å²) >= 11 is 0. The number of carbonyl (C=O) groups excluding carboxylic acids is 1. The molecule has 0 aromatic heterocycles. The average molecular weight is 463 g/mol. The number of benzene rings is 3. The van der Waals surface area contributed by atoms with Crippen molar-refractivity contribution in [3.8, 4) is 5.75 Å². The molecule has 1 saturated heterocycles. The van der Waals surface area contributed by atoms with E-state index in [0.717, 1.165) is 22.6 Å². The molecule has 7 heteroatoms. The first-order valence-electron chi connectivity index (χ1n) is 10.7. The Hall–Kier alpha value is -3.58. The van der Waals surface area contributed by atoms with Crippen molar-refractivity contribution in [2.24, 2.45) is 0 Å². The van der Waals surface area contributed by atoms with Crippen molar-refractivity contribution >= 4 is 33.4 Å². The molecule has 0 N–H and O–H groups in total. The highest BCUT2D eigenvalue weighted by atomic mass is 32.2. The van der Waals surface area contributed by atoms with Gasteiger partial charge in [-0.3, -0.25) is 9.10 Å². The number of hydrogen-bond donors (Lipinski definition) is 0. The van der Waals surface area contributed by atoms with Gasteiger partial charge in [0.1, 0.15) is 5.75 Å². The van der Waals surface area contributed by atoms with Crippen LogP contribution in [-0.2, 0) is 21.4 Å². The fourth-order valence-corrected chi connectivity index (χ4v) is 5.33. The van der Waals surface area contributed by atoms with Gasteiger partial charge in [-0.15, -0.1) is 0 Å². The second-order valence-electron chi connectivity index (χ2n) is 7.77. The normalized spacial score (nSPS) is 15.0. The zero-order valence-corrected chi connectivity index (χ0v) is 19.2. The lowest BCUT2D eigenvalue weighted by Gasteiger charge is -2.22. The quantitative estimate of drug-likeness (QED) is 0.486. The lowest BCUT2D eigenvalue weighted by molar-refractivity contribution is -0.114. The molecule has 0 unspecified atom stereocenters. The van der Waals surface area contributed by atoms with E-state index in [-0.39, 0.29) is 11.7 Å². The second-order valence-corrected chi connectivity index (χ2v) is 9.79. The average Bonchev–Trinajstić information content (AvgIpc) is 3.21. The predicted octanol–water partition coefficient (Wildman–Crippen LogP) is 4.48. The highest BCUT2D eigenvalue weighted by Crippen LogP contribution is 2.25. The zero-order chi connectivity index (χ0) is 23.3. The minimum Gasteiger partial charge on any atom is -0.497 e. The smallest absolute Gasteiger partial charge is 0.251 e. The largest absolute Gasteiger partial charge is 0.497 e. The van der Waals surface area contributed by atoms with Gasteiger partial charge in [0, 0.05) is 18.3 Å². The van der Waals surface area contributed by atoms with Crippen LogP contribution in [0.15, 0.2) is 84.9 Å². The number of rotatable bonds is 7. The number of hydrogen-bond acceptors (Lipinski definition) is 4. The number of carbonyl (C=O) groups is 1. The Labute approximate surface area is 194 Å². The maximum atomic E-state index is 13.2. The zero-order valence-electron chi connectivity index (χ0n) is 18.4. The van der Waals surface area contributed by atoms with Crippen LogP contribution in [0.3, 0.4) is 0 Å². The van der Waals surface area contributed by atoms with Crippen molar-refractivity contribution in [1.82, 2.24) is 0 Å². The van der Waals surface area contributed by atoms with Gasteiger partial charge in [-0.1, -0.05) is 42.5 Å². The summed E-state index contributed by atoms with van der Waals surface area (Å²) in [5.74, 6) is 0.753. The minimum atomic E-state index is -3.21. The molecule has 1 heterocycles. The summed E-state index contributed by atoms with van der Waals surface area (Å²) in [5.41, 5.74) is 3.26. The van der Waals surface area contributed by atoms with Crippen molar-refractivity contribution in [2.75, 3.05) is 28.6 Å². The SMILES string of the molecule is COc1ccc(N(Cc2ccccc2)C(=O)/C=C/c2ccc(N3CCCS3(=O)=O)cc2)cc1. The topological polar surface area (TPSA) is 66.9 Å². The molecule has 0 saturated carbocycles. The molecule has 0 radical (unpaired) electrons. The number of amides is 1. The molecule has 0 bridgehead atoms. The lowest BCUT2D eigenvalue weighted by atomic mass is 10.1. The van der Waals surface area contributed by atoms with Crippen LogP contribution in [-0.4, -0.2) is 33.7 Å². The second kappa shape index (κ2) is 9.92. The maximum absolute atomic E-state index is 13.2. The van der Waals surface area contributed by atoms with Gasteiger partial charge in [-0.25, -0.2) is 8.42 Å².